The molecule has 0 aromatic heterocycles. The van der Waals surface area contributed by atoms with E-state index in [0.29, 0.717) is 6.61 Å². The molecule has 0 aliphatic rings. The van der Waals surface area contributed by atoms with Crippen molar-refractivity contribution in [2.45, 2.75) is 21.0 Å². The SMILES string of the molecule is C.C=C(C)OCc1ccccc1. The number of rotatable bonds is 3. The molecule has 0 atom stereocenters. The smallest absolute Gasteiger partial charge is 0.113 e. The highest BCUT2D eigenvalue weighted by Gasteiger charge is 1.89. The van der Waals surface area contributed by atoms with Gasteiger partial charge in [0.05, 0.1) is 5.76 Å². The van der Waals surface area contributed by atoms with Crippen molar-refractivity contribution in [3.8, 4) is 0 Å². The molecule has 1 heteroatoms. The van der Waals surface area contributed by atoms with Crippen LogP contribution >= 0.6 is 0 Å². The molecular weight excluding hydrogens is 148 g/mol. The van der Waals surface area contributed by atoms with Crippen molar-refractivity contribution in [1.82, 2.24) is 0 Å². The molecule has 0 unspecified atom stereocenters. The zero-order valence-corrected chi connectivity index (χ0v) is 6.71. The molecular formula is C11H16O. The van der Waals surface area contributed by atoms with Gasteiger partial charge in [-0.1, -0.05) is 44.3 Å². The Kier molecular flexibility index (Phi) is 4.86. The van der Waals surface area contributed by atoms with Crippen LogP contribution in [0.2, 0.25) is 0 Å². The van der Waals surface area contributed by atoms with E-state index >= 15 is 0 Å². The Balaban J connectivity index is 0.00000121. The Morgan fingerprint density at radius 3 is 2.42 bits per heavy atom. The van der Waals surface area contributed by atoms with Gasteiger partial charge in [0.2, 0.25) is 0 Å². The van der Waals surface area contributed by atoms with Crippen molar-refractivity contribution in [3.63, 3.8) is 0 Å². The monoisotopic (exact) mass is 164 g/mol. The van der Waals surface area contributed by atoms with Crippen LogP contribution in [0, 0.1) is 0 Å². The molecule has 0 saturated heterocycles. The molecule has 0 N–H and O–H groups in total. The van der Waals surface area contributed by atoms with Crippen molar-refractivity contribution in [1.29, 1.82) is 0 Å². The van der Waals surface area contributed by atoms with Crippen LogP contribution in [0.15, 0.2) is 42.7 Å². The normalized spacial score (nSPS) is 8.42. The first kappa shape index (κ1) is 10.8. The van der Waals surface area contributed by atoms with Gasteiger partial charge in [-0.25, -0.2) is 0 Å². The highest BCUT2D eigenvalue weighted by atomic mass is 16.5. The van der Waals surface area contributed by atoms with Gasteiger partial charge >= 0.3 is 0 Å². The van der Waals surface area contributed by atoms with Gasteiger partial charge in [-0.05, 0) is 12.5 Å². The molecule has 0 bridgehead atoms. The van der Waals surface area contributed by atoms with Crippen molar-refractivity contribution < 1.29 is 4.74 Å². The fourth-order valence-electron chi connectivity index (χ4n) is 0.781. The predicted molar refractivity (Wildman–Crippen MR) is 52.8 cm³/mol. The Morgan fingerprint density at radius 1 is 1.33 bits per heavy atom. The van der Waals surface area contributed by atoms with E-state index in [9.17, 15) is 0 Å². The fraction of sp³-hybridized carbons (Fsp3) is 0.273. The summed E-state index contributed by atoms with van der Waals surface area (Å²) in [5.41, 5.74) is 1.18. The van der Waals surface area contributed by atoms with Crippen molar-refractivity contribution in [2.24, 2.45) is 0 Å². The zero-order chi connectivity index (χ0) is 8.10. The molecule has 0 heterocycles. The van der Waals surface area contributed by atoms with Gasteiger partial charge in [-0.15, -0.1) is 0 Å². The van der Waals surface area contributed by atoms with E-state index in [1.54, 1.807) is 0 Å². The van der Waals surface area contributed by atoms with E-state index in [1.165, 1.54) is 5.56 Å². The Morgan fingerprint density at radius 2 is 1.92 bits per heavy atom. The predicted octanol–water partition coefficient (Wildman–Crippen LogP) is 3.37. The van der Waals surface area contributed by atoms with Gasteiger partial charge in [0.1, 0.15) is 6.61 Å². The van der Waals surface area contributed by atoms with Crippen LogP contribution in [0.1, 0.15) is 19.9 Å². The van der Waals surface area contributed by atoms with Crippen molar-refractivity contribution in [3.05, 3.63) is 48.2 Å². The Hall–Kier alpha value is -1.24. The topological polar surface area (TPSA) is 9.23 Å². The van der Waals surface area contributed by atoms with E-state index in [0.717, 1.165) is 5.76 Å². The summed E-state index contributed by atoms with van der Waals surface area (Å²) >= 11 is 0. The third-order valence-electron chi connectivity index (χ3n) is 1.33. The van der Waals surface area contributed by atoms with E-state index in [2.05, 4.69) is 6.58 Å². The molecule has 0 amide bonds. The highest BCUT2D eigenvalue weighted by molar-refractivity contribution is 5.13. The highest BCUT2D eigenvalue weighted by Crippen LogP contribution is 2.02. The minimum atomic E-state index is 0. The third kappa shape index (κ3) is 3.81. The minimum Gasteiger partial charge on any atom is -0.494 e. The quantitative estimate of drug-likeness (QED) is 0.622. The number of hydrogen-bond donors (Lipinski definition) is 0. The van der Waals surface area contributed by atoms with Gasteiger partial charge in [0, 0.05) is 0 Å². The van der Waals surface area contributed by atoms with Gasteiger partial charge in [0.25, 0.3) is 0 Å². The summed E-state index contributed by atoms with van der Waals surface area (Å²) in [5, 5.41) is 0. The lowest BCUT2D eigenvalue weighted by Gasteiger charge is -2.03. The second-order valence-corrected chi connectivity index (χ2v) is 2.48. The van der Waals surface area contributed by atoms with Crippen LogP contribution in [-0.2, 0) is 11.3 Å². The van der Waals surface area contributed by atoms with E-state index < -0.39 is 0 Å². The van der Waals surface area contributed by atoms with Gasteiger partial charge in [0.15, 0.2) is 0 Å². The van der Waals surface area contributed by atoms with E-state index in [4.69, 9.17) is 4.74 Å². The van der Waals surface area contributed by atoms with Crippen LogP contribution in [0.5, 0.6) is 0 Å². The average molecular weight is 164 g/mol. The molecule has 0 aliphatic carbocycles. The van der Waals surface area contributed by atoms with Gasteiger partial charge < -0.3 is 4.74 Å². The number of hydrogen-bond acceptors (Lipinski definition) is 1. The summed E-state index contributed by atoms with van der Waals surface area (Å²) in [6.45, 7) is 6.12. The fourth-order valence-corrected chi connectivity index (χ4v) is 0.781. The van der Waals surface area contributed by atoms with Crippen LogP contribution in [0.25, 0.3) is 0 Å². The number of benzene rings is 1. The van der Waals surface area contributed by atoms with Crippen LogP contribution in [0.3, 0.4) is 0 Å². The lowest BCUT2D eigenvalue weighted by atomic mass is 10.2. The molecule has 66 valence electrons. The minimum absolute atomic E-state index is 0. The molecule has 0 fully saturated rings. The summed E-state index contributed by atoms with van der Waals surface area (Å²) < 4.78 is 5.23. The lowest BCUT2D eigenvalue weighted by molar-refractivity contribution is 0.202. The molecule has 1 rings (SSSR count). The number of allylic oxidation sites excluding steroid dienone is 1. The van der Waals surface area contributed by atoms with Crippen LogP contribution in [0.4, 0.5) is 0 Å². The largest absolute Gasteiger partial charge is 0.494 e. The molecule has 0 spiro atoms. The number of ether oxygens (including phenoxy) is 1. The lowest BCUT2D eigenvalue weighted by Crippen LogP contribution is -1.88. The van der Waals surface area contributed by atoms with Gasteiger partial charge in [-0.3, -0.25) is 0 Å². The first-order valence-electron chi connectivity index (χ1n) is 3.61. The Labute approximate surface area is 74.7 Å². The van der Waals surface area contributed by atoms with Crippen LogP contribution in [-0.4, -0.2) is 0 Å². The molecule has 1 aromatic rings. The average Bonchev–Trinajstić information content (AvgIpc) is 2.03. The summed E-state index contributed by atoms with van der Waals surface area (Å²) in [4.78, 5) is 0. The summed E-state index contributed by atoms with van der Waals surface area (Å²) in [5.74, 6) is 0.758. The first-order chi connectivity index (χ1) is 5.29. The standard InChI is InChI=1S/C10H12O.CH4/c1-9(2)11-8-10-6-4-3-5-7-10;/h3-7H,1,8H2,2H3;1H4. The molecule has 0 radical (unpaired) electrons. The first-order valence-corrected chi connectivity index (χ1v) is 3.61. The van der Waals surface area contributed by atoms with E-state index in [-0.39, 0.29) is 7.43 Å². The Bertz CT molecular complexity index is 226. The summed E-state index contributed by atoms with van der Waals surface area (Å²) in [6.07, 6.45) is 0. The zero-order valence-electron chi connectivity index (χ0n) is 6.71. The molecule has 0 saturated carbocycles. The molecule has 0 aliphatic heterocycles. The maximum Gasteiger partial charge on any atom is 0.113 e. The summed E-state index contributed by atoms with van der Waals surface area (Å²) in [7, 11) is 0. The molecule has 1 aromatic carbocycles. The third-order valence-corrected chi connectivity index (χ3v) is 1.33. The second-order valence-electron chi connectivity index (χ2n) is 2.48. The maximum atomic E-state index is 5.23. The maximum absolute atomic E-state index is 5.23. The molecule has 1 nitrogen and oxygen atoms in total. The summed E-state index contributed by atoms with van der Waals surface area (Å²) in [6, 6.07) is 10.0. The second kappa shape index (κ2) is 5.42. The molecule has 12 heavy (non-hydrogen) atoms. The van der Waals surface area contributed by atoms with Crippen molar-refractivity contribution in [2.75, 3.05) is 0 Å². The van der Waals surface area contributed by atoms with Gasteiger partial charge in [-0.2, -0.15) is 0 Å². The van der Waals surface area contributed by atoms with E-state index in [1.807, 2.05) is 37.3 Å². The van der Waals surface area contributed by atoms with Crippen molar-refractivity contribution >= 4 is 0 Å². The van der Waals surface area contributed by atoms with Crippen LogP contribution < -0.4 is 0 Å².